The summed E-state index contributed by atoms with van der Waals surface area (Å²) in [6, 6.07) is 10.5. The Bertz CT molecular complexity index is 2320. The molecule has 0 aliphatic carbocycles. The van der Waals surface area contributed by atoms with Crippen molar-refractivity contribution >= 4 is 47.1 Å². The number of nitrogens with zero attached hydrogens (tertiary/aromatic N) is 5. The second-order valence-corrected chi connectivity index (χ2v) is 17.2. The zero-order valence-corrected chi connectivity index (χ0v) is 39.7. The number of aromatic nitrogens is 3. The number of rotatable bonds is 19. The highest BCUT2D eigenvalue weighted by Gasteiger charge is 2.34. The molecule has 2 aliphatic rings. The lowest BCUT2D eigenvalue weighted by atomic mass is 10.0. The fourth-order valence-electron chi connectivity index (χ4n) is 7.93. The minimum Gasteiger partial charge on any atom is -0.465 e. The van der Waals surface area contributed by atoms with Gasteiger partial charge in [0.2, 0.25) is 6.23 Å². The maximum absolute atomic E-state index is 16.7. The number of aromatic amines is 1. The molecule has 2 aromatic carbocycles. The lowest BCUT2D eigenvalue weighted by molar-refractivity contribution is -0.136. The molecule has 346 valence electrons. The van der Waals surface area contributed by atoms with Crippen LogP contribution in [0.4, 0.5) is 9.18 Å². The molecule has 2 aliphatic heterocycles. The van der Waals surface area contributed by atoms with E-state index in [9.17, 15) is 9.59 Å². The third kappa shape index (κ3) is 11.6. The molecule has 3 unspecified atom stereocenters. The van der Waals surface area contributed by atoms with Crippen LogP contribution in [0.15, 0.2) is 76.9 Å². The van der Waals surface area contributed by atoms with E-state index in [-0.39, 0.29) is 17.9 Å². The van der Waals surface area contributed by atoms with Crippen molar-refractivity contribution in [3.8, 4) is 28.3 Å². The van der Waals surface area contributed by atoms with Gasteiger partial charge in [-0.05, 0) is 88.0 Å². The van der Waals surface area contributed by atoms with Crippen LogP contribution in [0.5, 0.6) is 5.75 Å². The number of benzene rings is 2. The molecule has 4 heterocycles. The van der Waals surface area contributed by atoms with Gasteiger partial charge in [0.1, 0.15) is 23.4 Å². The molecule has 0 saturated carbocycles. The zero-order chi connectivity index (χ0) is 46.5. The lowest BCUT2D eigenvalue weighted by Crippen LogP contribution is -2.55. The summed E-state index contributed by atoms with van der Waals surface area (Å²) in [5.41, 5.74) is 8.45. The van der Waals surface area contributed by atoms with E-state index < -0.39 is 24.2 Å². The van der Waals surface area contributed by atoms with Crippen molar-refractivity contribution in [2.24, 2.45) is 10.9 Å². The number of H-pyrrole nitrogens is 1. The van der Waals surface area contributed by atoms with Gasteiger partial charge in [0.15, 0.2) is 0 Å². The number of aliphatic imine (C=N–C) groups is 1. The Kier molecular flexibility index (Phi) is 18.2. The summed E-state index contributed by atoms with van der Waals surface area (Å²) in [5.74, 6) is 0.277. The second-order valence-electron chi connectivity index (χ2n) is 16.3. The predicted octanol–water partition coefficient (Wildman–Crippen LogP) is 9.42. The van der Waals surface area contributed by atoms with Crippen molar-refractivity contribution < 1.29 is 28.2 Å². The summed E-state index contributed by atoms with van der Waals surface area (Å²) >= 11 is 1.54. The summed E-state index contributed by atoms with van der Waals surface area (Å²) in [6.45, 7) is 23.2. The van der Waals surface area contributed by atoms with Crippen LogP contribution in [-0.4, -0.2) is 103 Å². The molecular formula is C48H66FN9O5S. The first kappa shape index (κ1) is 49.6. The highest BCUT2D eigenvalue weighted by atomic mass is 32.2. The second kappa shape index (κ2) is 23.5. The standard InChI is InChI=1S/C45H58FN9O5S.C3H8/c1-10-16-54(43(56)41(28(4)5)51-45(57)59-8)52-34(24-47-6)29-13-14-35-31(20-29)22-37-40-32(46)21-30(23-38(40)60-44(55(35)37)39(61-9)19-27(2)3)33-25-49-42(50-33)36-12-11-17-53(36)18-15-48-26-58-7;1-3-2/h13-14,19-25,28,36,41,44,48,52H,2,6,10-12,15-18,26H2,1,3-5,7-9H3,(H,49,50)(H,51,57);3H2,1-2H3/b34-24-,39-19-;. The SMILES string of the molecule is C=N/C=C(\NN(CCC)C(=O)C(NC(=O)OC)C(C)C)c1ccc2c(c1)cc1n2C(/C(=C/C(=C)C)SC)Oc2cc(-c3cnc(C4CCCN4CCNCOC)[nH]3)cc(F)c2-1.CCC. The van der Waals surface area contributed by atoms with Gasteiger partial charge < -0.3 is 24.5 Å². The number of carbonyl (C=O) groups is 2. The van der Waals surface area contributed by atoms with Crippen LogP contribution >= 0.6 is 11.8 Å². The number of hydrazine groups is 1. The highest BCUT2D eigenvalue weighted by molar-refractivity contribution is 8.02. The number of ether oxygens (including phenoxy) is 3. The van der Waals surface area contributed by atoms with E-state index in [2.05, 4.69) is 58.1 Å². The smallest absolute Gasteiger partial charge is 0.407 e. The maximum Gasteiger partial charge on any atom is 0.407 e. The first-order chi connectivity index (χ1) is 30.8. The Balaban J connectivity index is 0.00000250. The fourth-order valence-corrected chi connectivity index (χ4v) is 8.60. The molecule has 14 nitrogen and oxygen atoms in total. The Morgan fingerprint density at radius 2 is 1.95 bits per heavy atom. The van der Waals surface area contributed by atoms with Crippen molar-refractivity contribution in [3.63, 3.8) is 0 Å². The van der Waals surface area contributed by atoms with Crippen LogP contribution in [0.2, 0.25) is 0 Å². The lowest BCUT2D eigenvalue weighted by Gasteiger charge is -2.32. The Morgan fingerprint density at radius 1 is 1.19 bits per heavy atom. The minimum absolute atomic E-state index is 0.141. The van der Waals surface area contributed by atoms with Gasteiger partial charge in [-0.15, -0.1) is 11.8 Å². The molecule has 1 saturated heterocycles. The van der Waals surface area contributed by atoms with Gasteiger partial charge in [-0.3, -0.25) is 35.0 Å². The first-order valence-corrected chi connectivity index (χ1v) is 23.2. The van der Waals surface area contributed by atoms with Crippen LogP contribution < -0.4 is 20.8 Å². The van der Waals surface area contributed by atoms with Crippen LogP contribution in [0, 0.1) is 11.7 Å². The van der Waals surface area contributed by atoms with Gasteiger partial charge in [-0.1, -0.05) is 59.3 Å². The van der Waals surface area contributed by atoms with Crippen LogP contribution in [-0.2, 0) is 14.3 Å². The summed E-state index contributed by atoms with van der Waals surface area (Å²) in [7, 11) is 2.93. The third-order valence-corrected chi connectivity index (χ3v) is 11.6. The number of amides is 2. The Hall–Kier alpha value is -5.42. The van der Waals surface area contributed by atoms with E-state index in [1.165, 1.54) is 24.6 Å². The quantitative estimate of drug-likeness (QED) is 0.0236. The number of thioether (sulfide) groups is 1. The largest absolute Gasteiger partial charge is 0.465 e. The van der Waals surface area contributed by atoms with Crippen LogP contribution in [0.3, 0.4) is 0 Å². The van der Waals surface area contributed by atoms with Crippen molar-refractivity contribution in [1.82, 2.24) is 40.5 Å². The molecule has 3 atom stereocenters. The van der Waals surface area contributed by atoms with E-state index >= 15 is 4.39 Å². The molecule has 2 amide bonds. The molecule has 1 fully saturated rings. The summed E-state index contributed by atoms with van der Waals surface area (Å²) < 4.78 is 35.5. The van der Waals surface area contributed by atoms with Gasteiger partial charge >= 0.3 is 6.09 Å². The summed E-state index contributed by atoms with van der Waals surface area (Å²) in [5, 5.41) is 8.23. The topological polar surface area (TPSA) is 150 Å². The monoisotopic (exact) mass is 899 g/mol. The molecule has 0 spiro atoms. The minimum atomic E-state index is -0.845. The number of hydrogen-bond acceptors (Lipinski definition) is 11. The number of carbonyl (C=O) groups excluding carboxylic acids is 2. The molecular weight excluding hydrogens is 834 g/mol. The normalized spacial score (nSPS) is 16.6. The molecule has 4 aromatic rings. The number of nitrogens with one attached hydrogen (secondary N) is 4. The summed E-state index contributed by atoms with van der Waals surface area (Å²) in [6.07, 6.45) is 9.91. The van der Waals surface area contributed by atoms with E-state index in [1.807, 2.05) is 74.9 Å². The third-order valence-electron chi connectivity index (χ3n) is 10.8. The van der Waals surface area contributed by atoms with Gasteiger partial charge in [-0.25, -0.2) is 14.2 Å². The average Bonchev–Trinajstić information content (AvgIpc) is 4.04. The molecule has 0 bridgehead atoms. The Morgan fingerprint density at radius 3 is 2.61 bits per heavy atom. The Labute approximate surface area is 381 Å². The maximum atomic E-state index is 16.7. The van der Waals surface area contributed by atoms with Crippen LogP contribution in [0.25, 0.3) is 39.1 Å². The number of imidazole rings is 1. The number of alkyl carbamates (subject to hydrolysis) is 1. The summed E-state index contributed by atoms with van der Waals surface area (Å²) in [4.78, 5) is 41.7. The van der Waals surface area contributed by atoms with E-state index in [1.54, 1.807) is 31.3 Å². The fraction of sp³-hybridized carbons (Fsp3) is 0.458. The zero-order valence-electron chi connectivity index (χ0n) is 38.8. The average molecular weight is 900 g/mol. The predicted molar refractivity (Wildman–Crippen MR) is 257 cm³/mol. The number of methoxy groups -OCH3 is 2. The van der Waals surface area contributed by atoms with Gasteiger partial charge in [0, 0.05) is 48.2 Å². The highest BCUT2D eigenvalue weighted by Crippen LogP contribution is 2.48. The number of fused-ring (bicyclic) bond motifs is 5. The van der Waals surface area contributed by atoms with Crippen molar-refractivity contribution in [3.05, 3.63) is 89.1 Å². The van der Waals surface area contributed by atoms with Crippen molar-refractivity contribution in [2.75, 3.05) is 53.4 Å². The van der Waals surface area contributed by atoms with Crippen LogP contribution in [0.1, 0.15) is 90.9 Å². The molecule has 64 heavy (non-hydrogen) atoms. The first-order valence-electron chi connectivity index (χ1n) is 22.0. The molecule has 6 rings (SSSR count). The molecule has 2 aromatic heterocycles. The molecule has 16 heteroatoms. The number of hydrogen-bond donors (Lipinski definition) is 4. The van der Waals surface area contributed by atoms with Gasteiger partial charge in [-0.2, -0.15) is 0 Å². The molecule has 0 radical (unpaired) electrons. The molecule has 4 N–H and O–H groups in total. The van der Waals surface area contributed by atoms with E-state index in [4.69, 9.17) is 19.2 Å². The van der Waals surface area contributed by atoms with Gasteiger partial charge in [0.05, 0.1) is 60.4 Å². The van der Waals surface area contributed by atoms with Crippen molar-refractivity contribution in [1.29, 1.82) is 0 Å². The van der Waals surface area contributed by atoms with Gasteiger partial charge in [0.25, 0.3) is 5.91 Å². The van der Waals surface area contributed by atoms with E-state index in [0.717, 1.165) is 59.7 Å². The number of halogens is 1. The number of allylic oxidation sites excluding steroid dienone is 2. The number of likely N-dealkylation sites (tertiary alicyclic amines) is 1. The van der Waals surface area contributed by atoms with Crippen molar-refractivity contribution in [2.45, 2.75) is 85.5 Å². The van der Waals surface area contributed by atoms with E-state index in [0.29, 0.717) is 59.2 Å².